The van der Waals surface area contributed by atoms with E-state index < -0.39 is 0 Å². The number of carbonyl (C=O) groups excluding carboxylic acids is 1. The highest BCUT2D eigenvalue weighted by atomic mass is 19.1. The number of nitrogens with one attached hydrogen (secondary N) is 2. The maximum absolute atomic E-state index is 15.0. The second-order valence-corrected chi connectivity index (χ2v) is 10.8. The summed E-state index contributed by atoms with van der Waals surface area (Å²) in [4.78, 5) is 28.3. The Bertz CT molecular complexity index is 1450. The monoisotopic (exact) mass is 546 g/mol. The number of anilines is 1. The molecule has 0 spiro atoms. The first kappa shape index (κ1) is 26.3. The molecule has 40 heavy (non-hydrogen) atoms. The second-order valence-electron chi connectivity index (χ2n) is 10.8. The lowest BCUT2D eigenvalue weighted by molar-refractivity contribution is -0.165. The number of fused-ring (bicyclic) bond motifs is 5. The van der Waals surface area contributed by atoms with Crippen LogP contribution in [-0.4, -0.2) is 58.4 Å². The highest BCUT2D eigenvalue weighted by Gasteiger charge is 2.49. The number of hydrogen-bond donors (Lipinski definition) is 2. The van der Waals surface area contributed by atoms with E-state index in [0.717, 1.165) is 31.4 Å². The van der Waals surface area contributed by atoms with Crippen LogP contribution in [0.5, 0.6) is 11.6 Å². The Morgan fingerprint density at radius 3 is 2.85 bits per heavy atom. The Labute approximate surface area is 231 Å². The molecular formula is C29H31FN6O4. The average molecular weight is 547 g/mol. The molecule has 3 aliphatic heterocycles. The normalized spacial score (nSPS) is 23.2. The molecule has 3 fully saturated rings. The lowest BCUT2D eigenvalue weighted by Gasteiger charge is -2.53. The van der Waals surface area contributed by atoms with Crippen molar-refractivity contribution in [2.45, 2.75) is 62.6 Å². The van der Waals surface area contributed by atoms with Crippen LogP contribution in [0.3, 0.4) is 0 Å². The minimum Gasteiger partial charge on any atom is -0.480 e. The third-order valence-electron chi connectivity index (χ3n) is 8.18. The largest absolute Gasteiger partial charge is 0.480 e. The van der Waals surface area contributed by atoms with E-state index in [1.165, 1.54) is 6.20 Å². The van der Waals surface area contributed by atoms with E-state index >= 15 is 0 Å². The number of carbonyl (C=O) groups is 1. The topological polar surface area (TPSA) is 112 Å². The highest BCUT2D eigenvalue weighted by Crippen LogP contribution is 2.46. The summed E-state index contributed by atoms with van der Waals surface area (Å²) in [6, 6.07) is 7.27. The van der Waals surface area contributed by atoms with E-state index in [9.17, 15) is 9.18 Å². The molecule has 6 heterocycles. The number of aromatic nitrogens is 3. The lowest BCUT2D eigenvalue weighted by atomic mass is 9.69. The Kier molecular flexibility index (Phi) is 7.21. The van der Waals surface area contributed by atoms with Gasteiger partial charge in [0.25, 0.3) is 5.91 Å². The summed E-state index contributed by atoms with van der Waals surface area (Å²) < 4.78 is 32.5. The molecule has 10 nitrogen and oxygen atoms in total. The van der Waals surface area contributed by atoms with Gasteiger partial charge in [0.2, 0.25) is 12.4 Å². The molecule has 1 saturated carbocycles. The minimum absolute atomic E-state index is 0.00941. The first-order chi connectivity index (χ1) is 19.5. The number of pyridine rings is 3. The first-order valence-corrected chi connectivity index (χ1v) is 13.7. The van der Waals surface area contributed by atoms with Gasteiger partial charge in [-0.05, 0) is 56.7 Å². The molecule has 208 valence electrons. The van der Waals surface area contributed by atoms with Crippen LogP contribution in [0, 0.1) is 12.4 Å². The van der Waals surface area contributed by atoms with E-state index in [2.05, 4.69) is 30.4 Å². The summed E-state index contributed by atoms with van der Waals surface area (Å²) in [5.41, 5.74) is 2.08. The van der Waals surface area contributed by atoms with Crippen LogP contribution in [0.4, 0.5) is 10.2 Å². The number of halogens is 1. The number of ether oxygens (including phenoxy) is 3. The zero-order chi connectivity index (χ0) is 27.6. The minimum atomic E-state index is -0.372. The molecular weight excluding hydrogens is 515 g/mol. The fourth-order valence-electron chi connectivity index (χ4n) is 5.76. The van der Waals surface area contributed by atoms with Crippen molar-refractivity contribution >= 4 is 22.8 Å². The van der Waals surface area contributed by atoms with Crippen molar-refractivity contribution in [2.24, 2.45) is 0 Å². The summed E-state index contributed by atoms with van der Waals surface area (Å²) in [7, 11) is 0. The van der Waals surface area contributed by atoms with E-state index in [1.54, 1.807) is 12.1 Å². The molecule has 11 heteroatoms. The zero-order valence-corrected chi connectivity index (χ0v) is 22.2. The van der Waals surface area contributed by atoms with Crippen molar-refractivity contribution in [2.75, 3.05) is 31.7 Å². The number of rotatable bonds is 10. The molecule has 2 N–H and O–H groups in total. The smallest absolute Gasteiger partial charge is 0.263 e. The van der Waals surface area contributed by atoms with E-state index in [0.29, 0.717) is 79.6 Å². The molecule has 3 aromatic rings. The van der Waals surface area contributed by atoms with Gasteiger partial charge in [-0.25, -0.2) is 20.9 Å². The third kappa shape index (κ3) is 5.42. The Morgan fingerprint density at radius 1 is 1.18 bits per heavy atom. The number of aryl methyl sites for hydroxylation is 1. The van der Waals surface area contributed by atoms with Crippen LogP contribution in [-0.2, 0) is 22.5 Å². The summed E-state index contributed by atoms with van der Waals surface area (Å²) in [6.07, 6.45) is 6.75. The van der Waals surface area contributed by atoms with Crippen molar-refractivity contribution in [1.82, 2.24) is 20.3 Å². The van der Waals surface area contributed by atoms with Crippen LogP contribution >= 0.6 is 0 Å². The summed E-state index contributed by atoms with van der Waals surface area (Å²) in [5.74, 6) is 0.877. The van der Waals surface area contributed by atoms with Crippen molar-refractivity contribution < 1.29 is 23.4 Å². The summed E-state index contributed by atoms with van der Waals surface area (Å²) >= 11 is 0. The van der Waals surface area contributed by atoms with E-state index in [1.807, 2.05) is 12.1 Å². The van der Waals surface area contributed by atoms with Crippen LogP contribution in [0.25, 0.3) is 15.9 Å². The van der Waals surface area contributed by atoms with E-state index in [-0.39, 0.29) is 29.5 Å². The van der Waals surface area contributed by atoms with Crippen molar-refractivity contribution in [3.8, 4) is 11.6 Å². The van der Waals surface area contributed by atoms with Crippen LogP contribution in [0.15, 0.2) is 30.5 Å². The number of hydrogen-bond acceptors (Lipinski definition) is 8. The number of nitrogens with zero attached hydrogens (tertiary/aromatic N) is 4. The standard InChI is InChI=1S/C29H31FN6O4/c1-31-13-2-14-38-25-6-4-22-26(36-25)20(21(30)16-32-22)7-8-29-11-9-28(10-12-29,18-40-29)33-15-19-3-5-23-27(34-19)35-24(37)17-39-23/h3-6,16,33H,2,7-15,17-18H2,(H,34,35,37). The van der Waals surface area contributed by atoms with Gasteiger partial charge in [-0.1, -0.05) is 0 Å². The quantitative estimate of drug-likeness (QED) is 0.290. The Balaban J connectivity index is 1.08. The van der Waals surface area contributed by atoms with Gasteiger partial charge in [0.05, 0.1) is 48.2 Å². The SMILES string of the molecule is [C-]#[N+]CCCOc1ccc2ncc(F)c(CCC34CCC(NCc5ccc6c(n5)NC(=O)CO6)(CC3)CO4)c2n1. The van der Waals surface area contributed by atoms with Gasteiger partial charge in [-0.15, -0.1) is 0 Å². The molecule has 1 aliphatic carbocycles. The molecule has 0 unspecified atom stereocenters. The first-order valence-electron chi connectivity index (χ1n) is 13.7. The van der Waals surface area contributed by atoms with Gasteiger partial charge >= 0.3 is 0 Å². The maximum Gasteiger partial charge on any atom is 0.263 e. The fraction of sp³-hybridized carbons (Fsp3) is 0.483. The maximum atomic E-state index is 15.0. The predicted octanol–water partition coefficient (Wildman–Crippen LogP) is 3.99. The molecule has 2 bridgehead atoms. The lowest BCUT2D eigenvalue weighted by Crippen LogP contribution is -2.61. The van der Waals surface area contributed by atoms with Crippen LogP contribution in [0.2, 0.25) is 0 Å². The molecule has 0 atom stereocenters. The molecule has 4 aliphatic rings. The molecule has 1 amide bonds. The molecule has 2 saturated heterocycles. The molecule has 3 aromatic heterocycles. The number of amides is 1. The molecule has 0 aromatic carbocycles. The highest BCUT2D eigenvalue weighted by molar-refractivity contribution is 5.94. The van der Waals surface area contributed by atoms with Gasteiger partial charge in [-0.3, -0.25) is 9.78 Å². The van der Waals surface area contributed by atoms with Crippen molar-refractivity contribution in [3.63, 3.8) is 0 Å². The second kappa shape index (κ2) is 10.9. The third-order valence-corrected chi connectivity index (χ3v) is 8.18. The van der Waals surface area contributed by atoms with Gasteiger partial charge < -0.3 is 29.7 Å². The Hall–Kier alpha value is -3.88. The van der Waals surface area contributed by atoms with Crippen molar-refractivity contribution in [1.29, 1.82) is 0 Å². The summed E-state index contributed by atoms with van der Waals surface area (Å²) in [5, 5.41) is 6.42. The average Bonchev–Trinajstić information content (AvgIpc) is 2.98. The van der Waals surface area contributed by atoms with Crippen molar-refractivity contribution in [3.05, 3.63) is 59.0 Å². The van der Waals surface area contributed by atoms with Crippen LogP contribution < -0.4 is 20.1 Å². The predicted molar refractivity (Wildman–Crippen MR) is 144 cm³/mol. The zero-order valence-electron chi connectivity index (χ0n) is 22.2. The van der Waals surface area contributed by atoms with Gasteiger partial charge in [0.1, 0.15) is 5.82 Å². The molecule has 0 radical (unpaired) electrons. The molecule has 7 rings (SSSR count). The van der Waals surface area contributed by atoms with Gasteiger partial charge in [0, 0.05) is 23.7 Å². The van der Waals surface area contributed by atoms with Gasteiger partial charge in [-0.2, -0.15) is 0 Å². The Morgan fingerprint density at radius 2 is 2.05 bits per heavy atom. The van der Waals surface area contributed by atoms with Gasteiger partial charge in [0.15, 0.2) is 18.2 Å². The van der Waals surface area contributed by atoms with Crippen LogP contribution in [0.1, 0.15) is 49.8 Å². The van der Waals surface area contributed by atoms with E-state index in [4.69, 9.17) is 20.8 Å². The summed E-state index contributed by atoms with van der Waals surface area (Å²) in [6.45, 7) is 8.82. The fourth-order valence-corrected chi connectivity index (χ4v) is 5.76.